The van der Waals surface area contributed by atoms with E-state index in [4.69, 9.17) is 14.2 Å². The standard InChI is InChI=1S/C35H47N3O7/c1-24(36-31(40)22-38-15-17-43-18-16-38)30(39)21-27(19-26-11-13-28(14-12-26)45-34(2,3)4)33(42)37-29(32(41)35(5)23-44-35)20-25-9-7-6-8-10-25/h6-14,24,27,29H,15-23H2,1-5H3,(H,36,40)(H,37,42)/t24-,27?,29?,35+/m0/s1. The molecule has 10 nitrogen and oxygen atoms in total. The fourth-order valence-corrected chi connectivity index (χ4v) is 5.31. The van der Waals surface area contributed by atoms with Crippen molar-refractivity contribution in [1.29, 1.82) is 0 Å². The molecule has 0 aromatic heterocycles. The van der Waals surface area contributed by atoms with E-state index in [1.54, 1.807) is 13.8 Å². The Hall–Kier alpha value is -3.60. The first-order chi connectivity index (χ1) is 21.3. The van der Waals surface area contributed by atoms with Gasteiger partial charge in [-0.05, 0) is 70.7 Å². The Morgan fingerprint density at radius 3 is 2.16 bits per heavy atom. The maximum absolute atomic E-state index is 13.9. The van der Waals surface area contributed by atoms with Crippen molar-refractivity contribution >= 4 is 23.4 Å². The van der Waals surface area contributed by atoms with E-state index in [1.165, 1.54) is 0 Å². The van der Waals surface area contributed by atoms with Crippen molar-refractivity contribution in [3.63, 3.8) is 0 Å². The van der Waals surface area contributed by atoms with Gasteiger partial charge in [0, 0.05) is 25.4 Å². The number of amides is 2. The van der Waals surface area contributed by atoms with Crippen LogP contribution in [0.3, 0.4) is 0 Å². The molecule has 2 saturated heterocycles. The lowest BCUT2D eigenvalue weighted by Gasteiger charge is -2.27. The third-order valence-corrected chi connectivity index (χ3v) is 7.99. The first kappa shape index (κ1) is 34.3. The lowest BCUT2D eigenvalue weighted by molar-refractivity contribution is -0.134. The number of carbonyl (C=O) groups excluding carboxylic acids is 4. The molecule has 2 aliphatic rings. The minimum atomic E-state index is -0.930. The van der Waals surface area contributed by atoms with Gasteiger partial charge in [-0.3, -0.25) is 24.1 Å². The van der Waals surface area contributed by atoms with Gasteiger partial charge in [-0.15, -0.1) is 0 Å². The number of ketones is 2. The van der Waals surface area contributed by atoms with E-state index >= 15 is 0 Å². The third-order valence-electron chi connectivity index (χ3n) is 7.99. The van der Waals surface area contributed by atoms with Crippen LogP contribution in [0.2, 0.25) is 0 Å². The van der Waals surface area contributed by atoms with Crippen LogP contribution in [0.25, 0.3) is 0 Å². The fraction of sp³-hybridized carbons (Fsp3) is 0.543. The van der Waals surface area contributed by atoms with Gasteiger partial charge < -0.3 is 24.8 Å². The van der Waals surface area contributed by atoms with E-state index in [1.807, 2.05) is 80.3 Å². The summed E-state index contributed by atoms with van der Waals surface area (Å²) in [5, 5.41) is 5.76. The number of ether oxygens (including phenoxy) is 3. The SMILES string of the molecule is C[C@H](NC(=O)CN1CCOCC1)C(=O)CC(Cc1ccc(OC(C)(C)C)cc1)C(=O)NC(Cc1ccccc1)C(=O)[C@@]1(C)CO1. The molecule has 4 rings (SSSR count). The van der Waals surface area contributed by atoms with E-state index in [9.17, 15) is 19.2 Å². The minimum Gasteiger partial charge on any atom is -0.488 e. The van der Waals surface area contributed by atoms with Crippen LogP contribution < -0.4 is 15.4 Å². The predicted octanol–water partition coefficient (Wildman–Crippen LogP) is 2.90. The Balaban J connectivity index is 1.48. The largest absolute Gasteiger partial charge is 0.488 e. The van der Waals surface area contributed by atoms with E-state index < -0.39 is 29.5 Å². The van der Waals surface area contributed by atoms with Gasteiger partial charge in [0.1, 0.15) is 17.0 Å². The summed E-state index contributed by atoms with van der Waals surface area (Å²) in [6, 6.07) is 15.3. The molecule has 10 heteroatoms. The molecule has 0 aliphatic carbocycles. The lowest BCUT2D eigenvalue weighted by Crippen LogP contribution is -2.50. The van der Waals surface area contributed by atoms with Crippen molar-refractivity contribution in [2.75, 3.05) is 39.5 Å². The molecular weight excluding hydrogens is 574 g/mol. The average molecular weight is 622 g/mol. The number of morpholine rings is 1. The van der Waals surface area contributed by atoms with Gasteiger partial charge in [0.25, 0.3) is 0 Å². The maximum Gasteiger partial charge on any atom is 0.234 e. The Labute approximate surface area is 266 Å². The smallest absolute Gasteiger partial charge is 0.234 e. The molecule has 2 N–H and O–H groups in total. The molecular formula is C35H47N3O7. The topological polar surface area (TPSA) is 127 Å². The molecule has 244 valence electrons. The zero-order valence-corrected chi connectivity index (χ0v) is 27.1. The Morgan fingerprint density at radius 1 is 0.933 bits per heavy atom. The number of Topliss-reactive ketones (excluding diaryl/α,β-unsaturated/α-hetero) is 2. The van der Waals surface area contributed by atoms with Crippen LogP contribution in [-0.2, 0) is 41.5 Å². The summed E-state index contributed by atoms with van der Waals surface area (Å²) in [7, 11) is 0. The highest BCUT2D eigenvalue weighted by Gasteiger charge is 2.50. The van der Waals surface area contributed by atoms with Gasteiger partial charge in [0.05, 0.1) is 38.4 Å². The summed E-state index contributed by atoms with van der Waals surface area (Å²) in [5.41, 5.74) is 0.455. The number of nitrogens with one attached hydrogen (secondary N) is 2. The highest BCUT2D eigenvalue weighted by atomic mass is 16.6. The molecule has 0 bridgehead atoms. The molecule has 2 aliphatic heterocycles. The van der Waals surface area contributed by atoms with Crippen molar-refractivity contribution in [3.8, 4) is 5.75 Å². The summed E-state index contributed by atoms with van der Waals surface area (Å²) in [4.78, 5) is 55.4. The zero-order chi connectivity index (χ0) is 32.6. The van der Waals surface area contributed by atoms with Crippen molar-refractivity contribution in [2.24, 2.45) is 5.92 Å². The summed E-state index contributed by atoms with van der Waals surface area (Å²) < 4.78 is 16.7. The molecule has 0 spiro atoms. The molecule has 2 unspecified atom stereocenters. The van der Waals surface area contributed by atoms with E-state index in [0.29, 0.717) is 45.1 Å². The van der Waals surface area contributed by atoms with Crippen LogP contribution in [0.1, 0.15) is 52.2 Å². The molecule has 2 amide bonds. The fourth-order valence-electron chi connectivity index (χ4n) is 5.31. The number of hydrogen-bond donors (Lipinski definition) is 2. The van der Waals surface area contributed by atoms with E-state index in [0.717, 1.165) is 11.1 Å². The van der Waals surface area contributed by atoms with Gasteiger partial charge in [-0.2, -0.15) is 0 Å². The highest BCUT2D eigenvalue weighted by molar-refractivity contribution is 5.98. The average Bonchev–Trinajstić information content (AvgIpc) is 3.75. The van der Waals surface area contributed by atoms with Crippen LogP contribution in [0, 0.1) is 5.92 Å². The first-order valence-corrected chi connectivity index (χ1v) is 15.7. The van der Waals surface area contributed by atoms with Crippen molar-refractivity contribution in [3.05, 3.63) is 65.7 Å². The number of hydrogen-bond acceptors (Lipinski definition) is 8. The van der Waals surface area contributed by atoms with Gasteiger partial charge >= 0.3 is 0 Å². The monoisotopic (exact) mass is 621 g/mol. The maximum atomic E-state index is 13.9. The molecule has 2 fully saturated rings. The number of carbonyl (C=O) groups is 4. The van der Waals surface area contributed by atoms with Gasteiger partial charge in [-0.25, -0.2) is 0 Å². The summed E-state index contributed by atoms with van der Waals surface area (Å²) >= 11 is 0. The van der Waals surface area contributed by atoms with Crippen molar-refractivity contribution < 1.29 is 33.4 Å². The summed E-state index contributed by atoms with van der Waals surface area (Å²) in [6.45, 7) is 12.2. The van der Waals surface area contributed by atoms with Crippen LogP contribution in [0.5, 0.6) is 5.75 Å². The Morgan fingerprint density at radius 2 is 1.56 bits per heavy atom. The summed E-state index contributed by atoms with van der Waals surface area (Å²) in [6.07, 6.45) is 0.463. The van der Waals surface area contributed by atoms with Crippen molar-refractivity contribution in [1.82, 2.24) is 15.5 Å². The minimum absolute atomic E-state index is 0.106. The third kappa shape index (κ3) is 10.8. The van der Waals surface area contributed by atoms with Gasteiger partial charge in [0.15, 0.2) is 11.6 Å². The number of benzene rings is 2. The normalized spacial score (nSPS) is 20.4. The van der Waals surface area contributed by atoms with E-state index in [-0.39, 0.29) is 42.5 Å². The molecule has 2 heterocycles. The Kier molecular flexibility index (Phi) is 11.5. The Bertz CT molecular complexity index is 1310. The molecule has 45 heavy (non-hydrogen) atoms. The quantitative estimate of drug-likeness (QED) is 0.291. The number of rotatable bonds is 15. The zero-order valence-electron chi connectivity index (χ0n) is 27.1. The van der Waals surface area contributed by atoms with Gasteiger partial charge in [0.2, 0.25) is 11.8 Å². The first-order valence-electron chi connectivity index (χ1n) is 15.7. The highest BCUT2D eigenvalue weighted by Crippen LogP contribution is 2.29. The number of nitrogens with zero attached hydrogens (tertiary/aromatic N) is 1. The molecule has 0 saturated carbocycles. The molecule has 2 aromatic rings. The lowest BCUT2D eigenvalue weighted by atomic mass is 9.89. The number of epoxide rings is 1. The molecule has 0 radical (unpaired) electrons. The van der Waals surface area contributed by atoms with Gasteiger partial charge in [-0.1, -0.05) is 42.5 Å². The van der Waals surface area contributed by atoms with Crippen LogP contribution in [0.15, 0.2) is 54.6 Å². The second-order valence-corrected chi connectivity index (χ2v) is 13.2. The van der Waals surface area contributed by atoms with Crippen LogP contribution in [0.4, 0.5) is 0 Å². The van der Waals surface area contributed by atoms with Crippen molar-refractivity contribution in [2.45, 2.75) is 77.2 Å². The van der Waals surface area contributed by atoms with E-state index in [2.05, 4.69) is 10.6 Å². The second kappa shape index (κ2) is 15.1. The second-order valence-electron chi connectivity index (χ2n) is 13.2. The molecule has 4 atom stereocenters. The summed E-state index contributed by atoms with van der Waals surface area (Å²) in [5.74, 6) is -1.18. The van der Waals surface area contributed by atoms with Crippen LogP contribution >= 0.6 is 0 Å². The molecule has 2 aromatic carbocycles. The van der Waals surface area contributed by atoms with Crippen LogP contribution in [-0.4, -0.2) is 91.0 Å². The predicted molar refractivity (Wildman–Crippen MR) is 170 cm³/mol.